The van der Waals surface area contributed by atoms with E-state index in [1.807, 2.05) is 25.6 Å². The van der Waals surface area contributed by atoms with Crippen molar-refractivity contribution in [2.24, 2.45) is 23.2 Å². The SMILES string of the molecule is C=C1CCC(OCSCC)CC1=CC=C1CCCC2(C)C1CCC2C(C)CCCC(C)(C)O. The first-order chi connectivity index (χ1) is 15.6. The minimum absolute atomic E-state index is 0.358. The molecule has 2 nitrogen and oxygen atoms in total. The van der Waals surface area contributed by atoms with Gasteiger partial charge in [-0.1, -0.05) is 63.5 Å². The van der Waals surface area contributed by atoms with Crippen molar-refractivity contribution in [3.63, 3.8) is 0 Å². The molecule has 3 aliphatic carbocycles. The Kier molecular flexibility index (Phi) is 9.81. The Bertz CT molecular complexity index is 715. The molecular weight excluding hydrogens is 424 g/mol. The van der Waals surface area contributed by atoms with Gasteiger partial charge in [0.1, 0.15) is 0 Å². The largest absolute Gasteiger partial charge is 0.390 e. The number of rotatable bonds is 10. The van der Waals surface area contributed by atoms with Crippen LogP contribution in [-0.2, 0) is 4.74 Å². The number of hydrogen-bond donors (Lipinski definition) is 1. The maximum atomic E-state index is 10.1. The van der Waals surface area contributed by atoms with E-state index in [-0.39, 0.29) is 0 Å². The van der Waals surface area contributed by atoms with Crippen LogP contribution < -0.4 is 0 Å². The van der Waals surface area contributed by atoms with Gasteiger partial charge in [0, 0.05) is 0 Å². The normalized spacial score (nSPS) is 34.1. The fourth-order valence-corrected chi connectivity index (χ4v) is 7.48. The average molecular weight is 475 g/mol. The summed E-state index contributed by atoms with van der Waals surface area (Å²) in [7, 11) is 0. The van der Waals surface area contributed by atoms with E-state index < -0.39 is 5.60 Å². The molecule has 1 N–H and O–H groups in total. The van der Waals surface area contributed by atoms with Crippen LogP contribution in [0.1, 0.15) is 105 Å². The summed E-state index contributed by atoms with van der Waals surface area (Å²) < 4.78 is 6.12. The maximum Gasteiger partial charge on any atom is 0.0924 e. The number of aliphatic hydroxyl groups is 1. The summed E-state index contributed by atoms with van der Waals surface area (Å²) in [6.45, 7) is 15.5. The van der Waals surface area contributed by atoms with Crippen LogP contribution in [0.2, 0.25) is 0 Å². The lowest BCUT2D eigenvalue weighted by molar-refractivity contribution is 0.0596. The van der Waals surface area contributed by atoms with Crippen molar-refractivity contribution in [1.29, 1.82) is 0 Å². The Hall–Kier alpha value is -0.510. The van der Waals surface area contributed by atoms with E-state index in [1.165, 1.54) is 49.7 Å². The van der Waals surface area contributed by atoms with Gasteiger partial charge >= 0.3 is 0 Å². The quantitative estimate of drug-likeness (QED) is 0.254. The molecule has 188 valence electrons. The Morgan fingerprint density at radius 1 is 1.24 bits per heavy atom. The Morgan fingerprint density at radius 2 is 2.03 bits per heavy atom. The summed E-state index contributed by atoms with van der Waals surface area (Å²) in [6, 6.07) is 0. The van der Waals surface area contributed by atoms with Crippen molar-refractivity contribution in [2.45, 2.75) is 117 Å². The van der Waals surface area contributed by atoms with Crippen LogP contribution in [0, 0.1) is 23.2 Å². The van der Waals surface area contributed by atoms with Gasteiger partial charge in [-0.2, -0.15) is 0 Å². The second-order valence-electron chi connectivity index (χ2n) is 12.0. The predicted molar refractivity (Wildman–Crippen MR) is 145 cm³/mol. The summed E-state index contributed by atoms with van der Waals surface area (Å²) in [5.74, 6) is 4.25. The average Bonchev–Trinajstić information content (AvgIpc) is 3.10. The van der Waals surface area contributed by atoms with Gasteiger partial charge < -0.3 is 9.84 Å². The van der Waals surface area contributed by atoms with Gasteiger partial charge in [0.25, 0.3) is 0 Å². The third kappa shape index (κ3) is 7.24. The standard InChI is InChI=1S/C30H50O2S/c1-7-33-21-32-26-15-12-22(2)25(20-26)14-13-24-11-9-19-30(6)27(16-17-28(24)30)23(3)10-8-18-29(4,5)31/h13-14,23,26-28,31H,2,7-12,15-21H2,1,3-6H3. The summed E-state index contributed by atoms with van der Waals surface area (Å²) in [4.78, 5) is 0. The molecule has 3 rings (SSSR count). The molecule has 3 saturated carbocycles. The van der Waals surface area contributed by atoms with E-state index in [4.69, 9.17) is 4.74 Å². The highest BCUT2D eigenvalue weighted by atomic mass is 32.2. The molecule has 5 atom stereocenters. The van der Waals surface area contributed by atoms with Crippen LogP contribution in [0.15, 0.2) is 35.5 Å². The Labute approximate surface area is 208 Å². The summed E-state index contributed by atoms with van der Waals surface area (Å²) in [6.07, 6.45) is 18.5. The highest BCUT2D eigenvalue weighted by molar-refractivity contribution is 7.99. The Morgan fingerprint density at radius 3 is 2.76 bits per heavy atom. The van der Waals surface area contributed by atoms with Gasteiger partial charge in [0.2, 0.25) is 0 Å². The summed E-state index contributed by atoms with van der Waals surface area (Å²) >= 11 is 1.87. The van der Waals surface area contributed by atoms with Crippen molar-refractivity contribution in [2.75, 3.05) is 11.7 Å². The molecule has 0 radical (unpaired) electrons. The van der Waals surface area contributed by atoms with E-state index in [0.717, 1.165) is 61.5 Å². The van der Waals surface area contributed by atoms with Crippen molar-refractivity contribution < 1.29 is 9.84 Å². The molecule has 0 aromatic rings. The topological polar surface area (TPSA) is 29.5 Å². The minimum Gasteiger partial charge on any atom is -0.390 e. The van der Waals surface area contributed by atoms with Crippen LogP contribution in [0.4, 0.5) is 0 Å². The molecule has 0 aromatic heterocycles. The van der Waals surface area contributed by atoms with Crippen molar-refractivity contribution in [3.8, 4) is 0 Å². The molecule has 3 fully saturated rings. The van der Waals surface area contributed by atoms with Crippen LogP contribution in [-0.4, -0.2) is 28.5 Å². The minimum atomic E-state index is -0.530. The molecule has 0 aliphatic heterocycles. The van der Waals surface area contributed by atoms with Crippen LogP contribution >= 0.6 is 11.8 Å². The Balaban J connectivity index is 1.64. The summed E-state index contributed by atoms with van der Waals surface area (Å²) in [5.41, 5.74) is 4.35. The van der Waals surface area contributed by atoms with Gasteiger partial charge in [0.15, 0.2) is 0 Å². The smallest absolute Gasteiger partial charge is 0.0924 e. The third-order valence-electron chi connectivity index (χ3n) is 8.93. The van der Waals surface area contributed by atoms with E-state index in [0.29, 0.717) is 11.5 Å². The molecule has 0 aromatic carbocycles. The lowest BCUT2D eigenvalue weighted by Gasteiger charge is -2.44. The van der Waals surface area contributed by atoms with Crippen molar-refractivity contribution >= 4 is 11.8 Å². The number of thioether (sulfide) groups is 1. The highest BCUT2D eigenvalue weighted by Gasteiger charge is 2.50. The second-order valence-corrected chi connectivity index (χ2v) is 13.2. The third-order valence-corrected chi connectivity index (χ3v) is 9.64. The van der Waals surface area contributed by atoms with E-state index in [2.05, 4.69) is 39.5 Å². The monoisotopic (exact) mass is 474 g/mol. The fourth-order valence-electron chi connectivity index (χ4n) is 7.02. The molecule has 0 amide bonds. The van der Waals surface area contributed by atoms with Crippen molar-refractivity contribution in [3.05, 3.63) is 35.5 Å². The molecule has 0 saturated heterocycles. The first-order valence-electron chi connectivity index (χ1n) is 13.6. The van der Waals surface area contributed by atoms with Crippen LogP contribution in [0.5, 0.6) is 0 Å². The van der Waals surface area contributed by atoms with Gasteiger partial charge in [-0.3, -0.25) is 0 Å². The van der Waals surface area contributed by atoms with E-state index in [9.17, 15) is 5.11 Å². The van der Waals surface area contributed by atoms with Crippen LogP contribution in [0.25, 0.3) is 0 Å². The molecule has 3 heteroatoms. The molecular formula is C30H50O2S. The first-order valence-corrected chi connectivity index (χ1v) is 14.8. The molecule has 3 aliphatic rings. The van der Waals surface area contributed by atoms with Crippen LogP contribution in [0.3, 0.4) is 0 Å². The molecule has 33 heavy (non-hydrogen) atoms. The van der Waals surface area contributed by atoms with E-state index in [1.54, 1.807) is 5.57 Å². The highest BCUT2D eigenvalue weighted by Crippen LogP contribution is 2.60. The maximum absolute atomic E-state index is 10.1. The van der Waals surface area contributed by atoms with Gasteiger partial charge in [-0.25, -0.2) is 0 Å². The zero-order valence-corrected chi connectivity index (χ0v) is 22.9. The van der Waals surface area contributed by atoms with Crippen molar-refractivity contribution in [1.82, 2.24) is 0 Å². The molecule has 0 bridgehead atoms. The van der Waals surface area contributed by atoms with Gasteiger partial charge in [-0.05, 0) is 106 Å². The predicted octanol–water partition coefficient (Wildman–Crippen LogP) is 8.47. The fraction of sp³-hybridized carbons (Fsp3) is 0.800. The van der Waals surface area contributed by atoms with Gasteiger partial charge in [-0.15, -0.1) is 11.8 Å². The lowest BCUT2D eigenvalue weighted by atomic mass is 9.60. The van der Waals surface area contributed by atoms with E-state index >= 15 is 0 Å². The first kappa shape index (κ1) is 27.1. The number of ether oxygens (including phenoxy) is 1. The molecule has 5 unspecified atom stereocenters. The number of allylic oxidation sites excluding steroid dienone is 4. The van der Waals surface area contributed by atoms with Gasteiger partial charge in [0.05, 0.1) is 17.6 Å². The zero-order valence-electron chi connectivity index (χ0n) is 22.1. The number of fused-ring (bicyclic) bond motifs is 1. The summed E-state index contributed by atoms with van der Waals surface area (Å²) in [5, 5.41) is 10.1. The molecule has 0 heterocycles. The second kappa shape index (κ2) is 12.0. The zero-order chi connectivity index (χ0) is 24.1. The number of hydrogen-bond acceptors (Lipinski definition) is 3. The molecule has 0 spiro atoms. The lowest BCUT2D eigenvalue weighted by Crippen LogP contribution is -2.36.